The molecule has 1 aromatic carbocycles. The van der Waals surface area contributed by atoms with E-state index in [-0.39, 0.29) is 17.4 Å². The summed E-state index contributed by atoms with van der Waals surface area (Å²) in [4.78, 5) is 12.1. The van der Waals surface area contributed by atoms with E-state index in [9.17, 15) is 4.79 Å². The molecule has 1 aromatic rings. The van der Waals surface area contributed by atoms with Crippen LogP contribution in [0.1, 0.15) is 50.4 Å². The Kier molecular flexibility index (Phi) is 4.75. The summed E-state index contributed by atoms with van der Waals surface area (Å²) < 4.78 is 0. The van der Waals surface area contributed by atoms with E-state index in [2.05, 4.69) is 37.4 Å². The molecule has 0 spiro atoms. The van der Waals surface area contributed by atoms with E-state index in [1.165, 1.54) is 11.1 Å². The molecule has 0 fully saturated rings. The van der Waals surface area contributed by atoms with Crippen molar-refractivity contribution in [3.8, 4) is 0 Å². The molecule has 0 radical (unpaired) electrons. The number of carbonyl (C=O) groups excluding carboxylic acids is 1. The molecule has 1 rings (SSSR count). The van der Waals surface area contributed by atoms with Crippen molar-refractivity contribution in [2.75, 3.05) is 0 Å². The van der Waals surface area contributed by atoms with Crippen LogP contribution in [0, 0.1) is 19.3 Å². The Morgan fingerprint density at radius 2 is 1.84 bits per heavy atom. The van der Waals surface area contributed by atoms with Gasteiger partial charge in [-0.2, -0.15) is 0 Å². The summed E-state index contributed by atoms with van der Waals surface area (Å²) in [6.45, 7) is 12.0. The van der Waals surface area contributed by atoms with Gasteiger partial charge in [-0.3, -0.25) is 4.79 Å². The summed E-state index contributed by atoms with van der Waals surface area (Å²) in [5.41, 5.74) is 9.27. The Morgan fingerprint density at radius 3 is 2.37 bits per heavy atom. The van der Waals surface area contributed by atoms with Gasteiger partial charge in [-0.25, -0.2) is 0 Å². The van der Waals surface area contributed by atoms with Crippen LogP contribution in [-0.4, -0.2) is 11.9 Å². The Hall–Kier alpha value is -1.35. The number of hydrogen-bond acceptors (Lipinski definition) is 2. The van der Waals surface area contributed by atoms with Gasteiger partial charge >= 0.3 is 0 Å². The Morgan fingerprint density at radius 1 is 1.26 bits per heavy atom. The molecule has 0 aliphatic rings. The third-order valence-corrected chi connectivity index (χ3v) is 3.48. The number of carbonyl (C=O) groups is 1. The summed E-state index contributed by atoms with van der Waals surface area (Å²) in [7, 11) is 0. The molecule has 19 heavy (non-hydrogen) atoms. The number of hydrogen-bond donors (Lipinski definition) is 2. The highest BCUT2D eigenvalue weighted by Gasteiger charge is 2.28. The van der Waals surface area contributed by atoms with Crippen LogP contribution in [0.4, 0.5) is 0 Å². The molecule has 0 heterocycles. The number of nitrogens with one attached hydrogen (secondary N) is 1. The molecule has 1 unspecified atom stereocenters. The largest absolute Gasteiger partial charge is 0.348 e. The summed E-state index contributed by atoms with van der Waals surface area (Å²) >= 11 is 0. The van der Waals surface area contributed by atoms with E-state index in [1.807, 2.05) is 27.7 Å². The van der Waals surface area contributed by atoms with Crippen molar-refractivity contribution in [3.05, 3.63) is 34.9 Å². The van der Waals surface area contributed by atoms with Crippen molar-refractivity contribution in [1.82, 2.24) is 5.32 Å². The SMILES string of the molecule is Cc1ccc(C)c(C(C)NC(=O)[C@@H](N)C(C)(C)C)c1. The van der Waals surface area contributed by atoms with E-state index >= 15 is 0 Å². The summed E-state index contributed by atoms with van der Waals surface area (Å²) in [6, 6.07) is 5.75. The van der Waals surface area contributed by atoms with Crippen LogP contribution < -0.4 is 11.1 Å². The van der Waals surface area contributed by atoms with Crippen LogP contribution in [0.5, 0.6) is 0 Å². The maximum Gasteiger partial charge on any atom is 0.237 e. The molecule has 1 amide bonds. The van der Waals surface area contributed by atoms with Crippen molar-refractivity contribution >= 4 is 5.91 Å². The molecule has 0 saturated carbocycles. The van der Waals surface area contributed by atoms with Gasteiger partial charge in [-0.1, -0.05) is 44.5 Å². The van der Waals surface area contributed by atoms with E-state index in [4.69, 9.17) is 5.73 Å². The van der Waals surface area contributed by atoms with Gasteiger partial charge in [-0.05, 0) is 37.3 Å². The molecule has 0 aliphatic heterocycles. The van der Waals surface area contributed by atoms with Crippen LogP contribution >= 0.6 is 0 Å². The number of nitrogens with two attached hydrogens (primary N) is 1. The van der Waals surface area contributed by atoms with Crippen LogP contribution in [-0.2, 0) is 4.79 Å². The molecule has 3 heteroatoms. The normalized spacial score (nSPS) is 14.9. The molecule has 106 valence electrons. The zero-order valence-corrected chi connectivity index (χ0v) is 12.9. The minimum Gasteiger partial charge on any atom is -0.348 e. The first-order valence-corrected chi connectivity index (χ1v) is 6.76. The topological polar surface area (TPSA) is 55.1 Å². The van der Waals surface area contributed by atoms with E-state index in [1.54, 1.807) is 0 Å². The minimum absolute atomic E-state index is 0.0270. The molecule has 0 saturated heterocycles. The highest BCUT2D eigenvalue weighted by molar-refractivity contribution is 5.82. The Balaban J connectivity index is 2.83. The van der Waals surface area contributed by atoms with E-state index in [0.29, 0.717) is 0 Å². The Labute approximate surface area is 116 Å². The van der Waals surface area contributed by atoms with Crippen LogP contribution in [0.2, 0.25) is 0 Å². The fourth-order valence-corrected chi connectivity index (χ4v) is 2.00. The van der Waals surface area contributed by atoms with Gasteiger partial charge in [0.2, 0.25) is 5.91 Å². The lowest BCUT2D eigenvalue weighted by Crippen LogP contribution is -2.49. The monoisotopic (exact) mass is 262 g/mol. The first kappa shape index (κ1) is 15.7. The second-order valence-corrected chi connectivity index (χ2v) is 6.43. The zero-order chi connectivity index (χ0) is 14.8. The van der Waals surface area contributed by atoms with Gasteiger partial charge < -0.3 is 11.1 Å². The average Bonchev–Trinajstić information content (AvgIpc) is 2.29. The van der Waals surface area contributed by atoms with Gasteiger partial charge in [0, 0.05) is 0 Å². The summed E-state index contributed by atoms with van der Waals surface area (Å²) in [6.07, 6.45) is 0. The third-order valence-electron chi connectivity index (χ3n) is 3.48. The van der Waals surface area contributed by atoms with Gasteiger partial charge in [0.1, 0.15) is 0 Å². The quantitative estimate of drug-likeness (QED) is 0.880. The molecule has 0 aromatic heterocycles. The minimum atomic E-state index is -0.500. The lowest BCUT2D eigenvalue weighted by Gasteiger charge is -2.28. The first-order valence-electron chi connectivity index (χ1n) is 6.76. The molecule has 3 nitrogen and oxygen atoms in total. The van der Waals surface area contributed by atoms with Crippen molar-refractivity contribution in [2.24, 2.45) is 11.1 Å². The molecular formula is C16H26N2O. The summed E-state index contributed by atoms with van der Waals surface area (Å²) in [5.74, 6) is -0.0964. The van der Waals surface area contributed by atoms with E-state index in [0.717, 1.165) is 5.56 Å². The molecule has 3 N–H and O–H groups in total. The Bertz CT molecular complexity index is 460. The number of amides is 1. The summed E-state index contributed by atoms with van der Waals surface area (Å²) in [5, 5.41) is 3.01. The van der Waals surface area contributed by atoms with Crippen molar-refractivity contribution < 1.29 is 4.79 Å². The number of benzene rings is 1. The highest BCUT2D eigenvalue weighted by Crippen LogP contribution is 2.21. The standard InChI is InChI=1S/C16H26N2O/c1-10-7-8-11(2)13(9-10)12(3)18-15(19)14(17)16(4,5)6/h7-9,12,14H,17H2,1-6H3,(H,18,19)/t12?,14-/m1/s1. The first-order chi connectivity index (χ1) is 8.62. The maximum atomic E-state index is 12.1. The van der Waals surface area contributed by atoms with Crippen LogP contribution in [0.25, 0.3) is 0 Å². The predicted molar refractivity (Wildman–Crippen MR) is 79.9 cm³/mol. The third kappa shape index (κ3) is 4.06. The van der Waals surface area contributed by atoms with Crippen LogP contribution in [0.3, 0.4) is 0 Å². The van der Waals surface area contributed by atoms with Crippen molar-refractivity contribution in [2.45, 2.75) is 53.6 Å². The predicted octanol–water partition coefficient (Wildman–Crippen LogP) is 2.85. The fraction of sp³-hybridized carbons (Fsp3) is 0.562. The number of aryl methyl sites for hydroxylation is 2. The average molecular weight is 262 g/mol. The van der Waals surface area contributed by atoms with Gasteiger partial charge in [0.15, 0.2) is 0 Å². The van der Waals surface area contributed by atoms with E-state index < -0.39 is 6.04 Å². The smallest absolute Gasteiger partial charge is 0.237 e. The molecular weight excluding hydrogens is 236 g/mol. The van der Waals surface area contributed by atoms with Gasteiger partial charge in [-0.15, -0.1) is 0 Å². The molecule has 2 atom stereocenters. The zero-order valence-electron chi connectivity index (χ0n) is 12.9. The second kappa shape index (κ2) is 5.74. The van der Waals surface area contributed by atoms with Crippen molar-refractivity contribution in [1.29, 1.82) is 0 Å². The second-order valence-electron chi connectivity index (χ2n) is 6.43. The molecule has 0 bridgehead atoms. The fourth-order valence-electron chi connectivity index (χ4n) is 2.00. The number of rotatable bonds is 3. The molecule has 0 aliphatic carbocycles. The maximum absolute atomic E-state index is 12.1. The van der Waals surface area contributed by atoms with Gasteiger partial charge in [0.05, 0.1) is 12.1 Å². The van der Waals surface area contributed by atoms with Gasteiger partial charge in [0.25, 0.3) is 0 Å². The highest BCUT2D eigenvalue weighted by atomic mass is 16.2. The lowest BCUT2D eigenvalue weighted by molar-refractivity contribution is -0.125. The van der Waals surface area contributed by atoms with Crippen LogP contribution in [0.15, 0.2) is 18.2 Å². The van der Waals surface area contributed by atoms with Crippen molar-refractivity contribution in [3.63, 3.8) is 0 Å². The lowest BCUT2D eigenvalue weighted by atomic mass is 9.86.